The van der Waals surface area contributed by atoms with Gasteiger partial charge in [-0.05, 0) is 25.0 Å². The monoisotopic (exact) mass is 261 g/mol. The molecule has 0 bridgehead atoms. The van der Waals surface area contributed by atoms with Gasteiger partial charge in [-0.25, -0.2) is 4.98 Å². The van der Waals surface area contributed by atoms with Gasteiger partial charge >= 0.3 is 0 Å². The van der Waals surface area contributed by atoms with Gasteiger partial charge < -0.3 is 10.1 Å². The lowest BCUT2D eigenvalue weighted by Crippen LogP contribution is -2.04. The molecule has 0 aliphatic carbocycles. The van der Waals surface area contributed by atoms with Gasteiger partial charge in [-0.15, -0.1) is 0 Å². The topological polar surface area (TPSA) is 47.0 Å². The van der Waals surface area contributed by atoms with Crippen molar-refractivity contribution in [3.05, 3.63) is 41.8 Å². The minimum absolute atomic E-state index is 0.0631. The van der Waals surface area contributed by atoms with Crippen LogP contribution in [0.1, 0.15) is 19.4 Å². The summed E-state index contributed by atoms with van der Waals surface area (Å²) in [5.41, 5.74) is 1.01. The van der Waals surface area contributed by atoms with Crippen molar-refractivity contribution >= 4 is 5.95 Å². The molecule has 1 N–H and O–H groups in total. The van der Waals surface area contributed by atoms with Crippen LogP contribution < -0.4 is 10.1 Å². The van der Waals surface area contributed by atoms with Crippen molar-refractivity contribution in [1.29, 1.82) is 0 Å². The highest BCUT2D eigenvalue weighted by Crippen LogP contribution is 2.26. The molecular formula is C14H16FN3O. The van der Waals surface area contributed by atoms with Gasteiger partial charge in [0, 0.05) is 6.54 Å². The van der Waals surface area contributed by atoms with Gasteiger partial charge in [0.25, 0.3) is 5.88 Å². The Hall–Kier alpha value is -2.17. The predicted octanol–water partition coefficient (Wildman–Crippen LogP) is 3.40. The number of benzene rings is 1. The van der Waals surface area contributed by atoms with Crippen molar-refractivity contribution in [2.24, 2.45) is 0 Å². The zero-order valence-electron chi connectivity index (χ0n) is 11.0. The molecule has 1 aromatic heterocycles. The van der Waals surface area contributed by atoms with E-state index < -0.39 is 5.82 Å². The first-order chi connectivity index (χ1) is 9.24. The Morgan fingerprint density at radius 3 is 2.79 bits per heavy atom. The van der Waals surface area contributed by atoms with Crippen LogP contribution in [0.4, 0.5) is 10.3 Å². The number of halogens is 1. The van der Waals surface area contributed by atoms with Crippen LogP contribution >= 0.6 is 0 Å². The number of nitrogens with one attached hydrogen (secondary N) is 1. The number of hydrogen-bond donors (Lipinski definition) is 1. The number of para-hydroxylation sites is 1. The first kappa shape index (κ1) is 13.3. The summed E-state index contributed by atoms with van der Waals surface area (Å²) < 4.78 is 19.2. The predicted molar refractivity (Wildman–Crippen MR) is 72.0 cm³/mol. The second kappa shape index (κ2) is 6.13. The SMILES string of the molecule is CCNc1ncc(F)c(Oc2ccccc2CC)n1. The molecule has 4 nitrogen and oxygen atoms in total. The highest BCUT2D eigenvalue weighted by Gasteiger charge is 2.11. The van der Waals surface area contributed by atoms with Crippen molar-refractivity contribution in [2.45, 2.75) is 20.3 Å². The highest BCUT2D eigenvalue weighted by atomic mass is 19.1. The average molecular weight is 261 g/mol. The summed E-state index contributed by atoms with van der Waals surface area (Å²) in [5, 5.41) is 2.92. The van der Waals surface area contributed by atoms with Crippen LogP contribution in [0.25, 0.3) is 0 Å². The van der Waals surface area contributed by atoms with Crippen LogP contribution in [-0.2, 0) is 6.42 Å². The molecule has 0 aliphatic heterocycles. The van der Waals surface area contributed by atoms with Gasteiger partial charge in [-0.1, -0.05) is 25.1 Å². The number of rotatable bonds is 5. The Morgan fingerprint density at radius 2 is 2.05 bits per heavy atom. The summed E-state index contributed by atoms with van der Waals surface area (Å²) in [6, 6.07) is 7.51. The van der Waals surface area contributed by atoms with Crippen LogP contribution in [0.2, 0.25) is 0 Å². The zero-order chi connectivity index (χ0) is 13.7. The third-order valence-electron chi connectivity index (χ3n) is 2.61. The zero-order valence-corrected chi connectivity index (χ0v) is 11.0. The maximum absolute atomic E-state index is 13.7. The fourth-order valence-corrected chi connectivity index (χ4v) is 1.67. The second-order valence-electron chi connectivity index (χ2n) is 3.94. The molecule has 0 radical (unpaired) electrons. The fourth-order valence-electron chi connectivity index (χ4n) is 1.67. The molecule has 0 saturated heterocycles. The first-order valence-electron chi connectivity index (χ1n) is 6.26. The van der Waals surface area contributed by atoms with Gasteiger partial charge in [0.1, 0.15) is 5.75 Å². The first-order valence-corrected chi connectivity index (χ1v) is 6.26. The van der Waals surface area contributed by atoms with Crippen molar-refractivity contribution < 1.29 is 9.13 Å². The number of ether oxygens (including phenoxy) is 1. The molecule has 1 aromatic carbocycles. The molecule has 0 amide bonds. The summed E-state index contributed by atoms with van der Waals surface area (Å²) >= 11 is 0. The van der Waals surface area contributed by atoms with E-state index in [2.05, 4.69) is 15.3 Å². The minimum Gasteiger partial charge on any atom is -0.436 e. The molecule has 1 heterocycles. The van der Waals surface area contributed by atoms with Gasteiger partial charge in [0.2, 0.25) is 11.8 Å². The summed E-state index contributed by atoms with van der Waals surface area (Å²) in [5.74, 6) is 0.331. The fraction of sp³-hybridized carbons (Fsp3) is 0.286. The van der Waals surface area contributed by atoms with Gasteiger partial charge in [-0.3, -0.25) is 0 Å². The molecule has 0 unspecified atom stereocenters. The van der Waals surface area contributed by atoms with E-state index in [1.165, 1.54) is 0 Å². The smallest absolute Gasteiger partial charge is 0.260 e. The van der Waals surface area contributed by atoms with Crippen LogP contribution in [0, 0.1) is 5.82 Å². The third-order valence-corrected chi connectivity index (χ3v) is 2.61. The number of aromatic nitrogens is 2. The van der Waals surface area contributed by atoms with Crippen LogP contribution in [-0.4, -0.2) is 16.5 Å². The van der Waals surface area contributed by atoms with E-state index in [0.717, 1.165) is 18.2 Å². The Bertz CT molecular complexity index is 560. The molecule has 5 heteroatoms. The van der Waals surface area contributed by atoms with E-state index in [1.807, 2.05) is 32.0 Å². The maximum Gasteiger partial charge on any atom is 0.260 e. The highest BCUT2D eigenvalue weighted by molar-refractivity contribution is 5.37. The molecule has 100 valence electrons. The van der Waals surface area contributed by atoms with Gasteiger partial charge in [0.15, 0.2) is 0 Å². The Labute approximate surface area is 111 Å². The molecule has 0 atom stereocenters. The normalized spacial score (nSPS) is 10.3. The quantitative estimate of drug-likeness (QED) is 0.896. The Balaban J connectivity index is 2.29. The van der Waals surface area contributed by atoms with E-state index in [0.29, 0.717) is 18.2 Å². The summed E-state index contributed by atoms with van der Waals surface area (Å²) in [4.78, 5) is 7.85. The van der Waals surface area contributed by atoms with Crippen LogP contribution in [0.3, 0.4) is 0 Å². The molecule has 0 fully saturated rings. The largest absolute Gasteiger partial charge is 0.436 e. The van der Waals surface area contributed by atoms with E-state index in [4.69, 9.17) is 4.74 Å². The van der Waals surface area contributed by atoms with Crippen molar-refractivity contribution in [3.63, 3.8) is 0 Å². The second-order valence-corrected chi connectivity index (χ2v) is 3.94. The lowest BCUT2D eigenvalue weighted by Gasteiger charge is -2.10. The standard InChI is InChI=1S/C14H16FN3O/c1-3-10-7-5-6-8-12(10)19-13-11(15)9-17-14(18-13)16-4-2/h5-9H,3-4H2,1-2H3,(H,16,17,18). The van der Waals surface area contributed by atoms with E-state index >= 15 is 0 Å². The lowest BCUT2D eigenvalue weighted by molar-refractivity contribution is 0.417. The number of nitrogens with zero attached hydrogens (tertiary/aromatic N) is 2. The molecule has 2 aromatic rings. The summed E-state index contributed by atoms with van der Waals surface area (Å²) in [6.07, 6.45) is 1.91. The maximum atomic E-state index is 13.7. The van der Waals surface area contributed by atoms with Crippen LogP contribution in [0.5, 0.6) is 11.6 Å². The third kappa shape index (κ3) is 3.19. The van der Waals surface area contributed by atoms with Crippen molar-refractivity contribution in [2.75, 3.05) is 11.9 Å². The van der Waals surface area contributed by atoms with Crippen molar-refractivity contribution in [3.8, 4) is 11.6 Å². The van der Waals surface area contributed by atoms with E-state index in [1.54, 1.807) is 6.07 Å². The van der Waals surface area contributed by atoms with Gasteiger partial charge in [-0.2, -0.15) is 9.37 Å². The Morgan fingerprint density at radius 1 is 1.26 bits per heavy atom. The summed E-state index contributed by atoms with van der Waals surface area (Å²) in [6.45, 7) is 4.60. The average Bonchev–Trinajstić information content (AvgIpc) is 2.43. The molecular weight excluding hydrogens is 245 g/mol. The number of hydrogen-bond acceptors (Lipinski definition) is 4. The van der Waals surface area contributed by atoms with Crippen LogP contribution in [0.15, 0.2) is 30.5 Å². The Kier molecular flexibility index (Phi) is 4.28. The molecule has 0 spiro atoms. The van der Waals surface area contributed by atoms with Crippen molar-refractivity contribution in [1.82, 2.24) is 9.97 Å². The number of aryl methyl sites for hydroxylation is 1. The van der Waals surface area contributed by atoms with E-state index in [-0.39, 0.29) is 5.88 Å². The minimum atomic E-state index is -0.576. The molecule has 19 heavy (non-hydrogen) atoms. The molecule has 0 aliphatic rings. The summed E-state index contributed by atoms with van der Waals surface area (Å²) in [7, 11) is 0. The van der Waals surface area contributed by atoms with Gasteiger partial charge in [0.05, 0.1) is 6.20 Å². The molecule has 2 rings (SSSR count). The molecule has 0 saturated carbocycles. The number of anilines is 1. The lowest BCUT2D eigenvalue weighted by atomic mass is 10.1. The van der Waals surface area contributed by atoms with E-state index in [9.17, 15) is 4.39 Å².